The van der Waals surface area contributed by atoms with Crippen molar-refractivity contribution in [2.75, 3.05) is 18.8 Å². The number of nitrogens with one attached hydrogen (secondary N) is 2. The van der Waals surface area contributed by atoms with Gasteiger partial charge in [-0.05, 0) is 53.6 Å². The largest absolute Gasteiger partial charge is 0.481 e. The Morgan fingerprint density at radius 3 is 2.30 bits per heavy atom. The van der Waals surface area contributed by atoms with Crippen molar-refractivity contribution in [1.29, 1.82) is 0 Å². The molecule has 0 aromatic heterocycles. The lowest BCUT2D eigenvalue weighted by Gasteiger charge is -2.38. The van der Waals surface area contributed by atoms with Crippen molar-refractivity contribution in [1.82, 2.24) is 10.6 Å². The van der Waals surface area contributed by atoms with E-state index in [1.54, 1.807) is 39.5 Å². The van der Waals surface area contributed by atoms with Crippen LogP contribution in [0.5, 0.6) is 0 Å². The number of aliphatic carboxylic acids is 1. The Hall–Kier alpha value is -0.750. The van der Waals surface area contributed by atoms with E-state index in [-0.39, 0.29) is 5.91 Å². The van der Waals surface area contributed by atoms with Gasteiger partial charge in [-0.3, -0.25) is 9.59 Å². The third-order valence-electron chi connectivity index (χ3n) is 4.29. The van der Waals surface area contributed by atoms with Crippen LogP contribution in [0.2, 0.25) is 0 Å². The van der Waals surface area contributed by atoms with Gasteiger partial charge in [0.1, 0.15) is 0 Å². The molecular formula is C14H26N2O3S. The zero-order chi connectivity index (χ0) is 15.4. The highest BCUT2D eigenvalue weighted by Gasteiger charge is 2.44. The topological polar surface area (TPSA) is 78.4 Å². The predicted molar refractivity (Wildman–Crippen MR) is 82.0 cm³/mol. The summed E-state index contributed by atoms with van der Waals surface area (Å²) in [5.74, 6) is -0.606. The molecule has 5 nitrogen and oxygen atoms in total. The lowest BCUT2D eigenvalue weighted by molar-refractivity contribution is -0.151. The van der Waals surface area contributed by atoms with Crippen molar-refractivity contribution in [3.8, 4) is 0 Å². The number of carboxylic acid groups (broad SMARTS) is 1. The minimum Gasteiger partial charge on any atom is -0.481 e. The molecular weight excluding hydrogens is 276 g/mol. The van der Waals surface area contributed by atoms with Crippen LogP contribution in [0, 0.1) is 5.41 Å². The predicted octanol–water partition coefficient (Wildman–Crippen LogP) is 1.48. The molecule has 1 aliphatic rings. The highest BCUT2D eigenvalue weighted by atomic mass is 32.2. The maximum Gasteiger partial charge on any atom is 0.311 e. The molecule has 0 aromatic rings. The second-order valence-corrected chi connectivity index (χ2v) is 7.65. The van der Waals surface area contributed by atoms with Gasteiger partial charge in [0.2, 0.25) is 5.91 Å². The monoisotopic (exact) mass is 302 g/mol. The van der Waals surface area contributed by atoms with Gasteiger partial charge in [0.15, 0.2) is 0 Å². The lowest BCUT2D eigenvalue weighted by atomic mass is 9.74. The summed E-state index contributed by atoms with van der Waals surface area (Å²) in [6, 6.07) is 0. The molecule has 116 valence electrons. The van der Waals surface area contributed by atoms with Gasteiger partial charge < -0.3 is 15.7 Å². The number of hydrogen-bond donors (Lipinski definition) is 3. The van der Waals surface area contributed by atoms with Gasteiger partial charge in [-0.1, -0.05) is 0 Å². The molecule has 1 fully saturated rings. The fourth-order valence-electron chi connectivity index (χ4n) is 1.96. The third-order valence-corrected chi connectivity index (χ3v) is 5.66. The number of piperidine rings is 1. The maximum absolute atomic E-state index is 12.0. The average molecular weight is 302 g/mol. The summed E-state index contributed by atoms with van der Waals surface area (Å²) in [4.78, 5) is 23.3. The van der Waals surface area contributed by atoms with Crippen LogP contribution in [0.25, 0.3) is 0 Å². The quantitative estimate of drug-likeness (QED) is 0.692. The SMILES string of the molecule is CC(C)(NC(=O)CSC1CCNCC1)C(C)(C)C(=O)O. The normalized spacial score (nSPS) is 17.8. The van der Waals surface area contributed by atoms with Crippen molar-refractivity contribution in [2.45, 2.75) is 51.3 Å². The summed E-state index contributed by atoms with van der Waals surface area (Å²) < 4.78 is 0. The first-order valence-corrected chi connectivity index (χ1v) is 8.08. The molecule has 3 N–H and O–H groups in total. The minimum atomic E-state index is -1.01. The molecule has 0 saturated carbocycles. The first kappa shape index (κ1) is 17.3. The standard InChI is InChI=1S/C14H26N2O3S/c1-13(2,12(18)19)14(3,4)16-11(17)9-20-10-5-7-15-8-6-10/h10,15H,5-9H2,1-4H3,(H,16,17)(H,18,19). The number of carboxylic acids is 1. The molecule has 1 aliphatic heterocycles. The molecule has 0 spiro atoms. The van der Waals surface area contributed by atoms with Crippen molar-refractivity contribution in [2.24, 2.45) is 5.41 Å². The summed E-state index contributed by atoms with van der Waals surface area (Å²) in [5.41, 5.74) is -1.80. The number of thioether (sulfide) groups is 1. The van der Waals surface area contributed by atoms with Gasteiger partial charge in [-0.15, -0.1) is 11.8 Å². The molecule has 20 heavy (non-hydrogen) atoms. The van der Waals surface area contributed by atoms with Crippen molar-refractivity contribution in [3.63, 3.8) is 0 Å². The first-order valence-electron chi connectivity index (χ1n) is 7.03. The fourth-order valence-corrected chi connectivity index (χ4v) is 2.99. The molecule has 6 heteroatoms. The Morgan fingerprint density at radius 2 is 1.80 bits per heavy atom. The summed E-state index contributed by atoms with van der Waals surface area (Å²) >= 11 is 1.67. The van der Waals surface area contributed by atoms with Crippen LogP contribution < -0.4 is 10.6 Å². The summed E-state index contributed by atoms with van der Waals surface area (Å²) in [7, 11) is 0. The van der Waals surface area contributed by atoms with Crippen molar-refractivity contribution in [3.05, 3.63) is 0 Å². The molecule has 0 atom stereocenters. The number of carbonyl (C=O) groups is 2. The second kappa shape index (κ2) is 6.80. The Labute approximate surface area is 125 Å². The molecule has 0 bridgehead atoms. The highest BCUT2D eigenvalue weighted by Crippen LogP contribution is 2.31. The van der Waals surface area contributed by atoms with E-state index < -0.39 is 16.9 Å². The van der Waals surface area contributed by atoms with Crippen LogP contribution in [0.1, 0.15) is 40.5 Å². The van der Waals surface area contributed by atoms with E-state index in [2.05, 4.69) is 10.6 Å². The number of carbonyl (C=O) groups excluding carboxylic acids is 1. The number of amides is 1. The summed E-state index contributed by atoms with van der Waals surface area (Å²) in [6.45, 7) is 8.81. The van der Waals surface area contributed by atoms with Crippen LogP contribution in [0.15, 0.2) is 0 Å². The Bertz CT molecular complexity index is 363. The van der Waals surface area contributed by atoms with Crippen LogP contribution in [-0.2, 0) is 9.59 Å². The highest BCUT2D eigenvalue weighted by molar-refractivity contribution is 8.00. The van der Waals surface area contributed by atoms with E-state index in [1.165, 1.54) is 0 Å². The zero-order valence-corrected chi connectivity index (χ0v) is 13.6. The Kier molecular flexibility index (Phi) is 5.89. The fraction of sp³-hybridized carbons (Fsp3) is 0.857. The van der Waals surface area contributed by atoms with Gasteiger partial charge >= 0.3 is 5.97 Å². The Balaban J connectivity index is 2.46. The molecule has 0 unspecified atom stereocenters. The molecule has 1 saturated heterocycles. The van der Waals surface area contributed by atoms with E-state index >= 15 is 0 Å². The molecule has 1 heterocycles. The maximum atomic E-state index is 12.0. The van der Waals surface area contributed by atoms with Gasteiger partial charge in [0, 0.05) is 10.8 Å². The zero-order valence-electron chi connectivity index (χ0n) is 12.8. The van der Waals surface area contributed by atoms with Crippen molar-refractivity contribution < 1.29 is 14.7 Å². The molecule has 0 aliphatic carbocycles. The number of hydrogen-bond acceptors (Lipinski definition) is 4. The molecule has 0 radical (unpaired) electrons. The third kappa shape index (κ3) is 4.38. The van der Waals surface area contributed by atoms with Crippen LogP contribution >= 0.6 is 11.8 Å². The Morgan fingerprint density at radius 1 is 1.25 bits per heavy atom. The summed E-state index contributed by atoms with van der Waals surface area (Å²) in [6.07, 6.45) is 2.17. The summed E-state index contributed by atoms with van der Waals surface area (Å²) in [5, 5.41) is 15.9. The molecule has 1 rings (SSSR count). The van der Waals surface area contributed by atoms with Crippen LogP contribution in [-0.4, -0.2) is 46.6 Å². The van der Waals surface area contributed by atoms with E-state index in [1.807, 2.05) is 0 Å². The minimum absolute atomic E-state index is 0.0899. The molecule has 0 aromatic carbocycles. The van der Waals surface area contributed by atoms with Gasteiger partial charge in [0.05, 0.1) is 11.2 Å². The smallest absolute Gasteiger partial charge is 0.311 e. The van der Waals surface area contributed by atoms with Gasteiger partial charge in [-0.2, -0.15) is 0 Å². The lowest BCUT2D eigenvalue weighted by Crippen LogP contribution is -2.57. The first-order chi connectivity index (χ1) is 9.17. The van der Waals surface area contributed by atoms with E-state index in [4.69, 9.17) is 0 Å². The molecule has 1 amide bonds. The van der Waals surface area contributed by atoms with Crippen LogP contribution in [0.4, 0.5) is 0 Å². The second-order valence-electron chi connectivity index (χ2n) is 6.36. The average Bonchev–Trinajstić information content (AvgIpc) is 2.36. The van der Waals surface area contributed by atoms with E-state index in [0.717, 1.165) is 25.9 Å². The van der Waals surface area contributed by atoms with E-state index in [9.17, 15) is 14.7 Å². The van der Waals surface area contributed by atoms with E-state index in [0.29, 0.717) is 11.0 Å². The van der Waals surface area contributed by atoms with Gasteiger partial charge in [-0.25, -0.2) is 0 Å². The van der Waals surface area contributed by atoms with Gasteiger partial charge in [0.25, 0.3) is 0 Å². The van der Waals surface area contributed by atoms with Crippen LogP contribution in [0.3, 0.4) is 0 Å². The van der Waals surface area contributed by atoms with Crippen molar-refractivity contribution >= 4 is 23.6 Å². The number of rotatable bonds is 6.